The minimum Gasteiger partial charge on any atom is -0.354 e. The average molecular weight is 403 g/mol. The molecule has 1 aromatic rings. The first-order valence-corrected chi connectivity index (χ1v) is 11.6. The highest BCUT2D eigenvalue weighted by Crippen LogP contribution is 2.42. The maximum absolute atomic E-state index is 12.8. The second-order valence-corrected chi connectivity index (χ2v) is 10.5. The van der Waals surface area contributed by atoms with E-state index in [2.05, 4.69) is 27.0 Å². The van der Waals surface area contributed by atoms with Crippen molar-refractivity contribution in [1.29, 1.82) is 0 Å². The van der Waals surface area contributed by atoms with Crippen LogP contribution in [0.25, 0.3) is 0 Å². The lowest BCUT2D eigenvalue weighted by Crippen LogP contribution is -2.67. The van der Waals surface area contributed by atoms with Gasteiger partial charge in [0.15, 0.2) is 0 Å². The van der Waals surface area contributed by atoms with Gasteiger partial charge < -0.3 is 10.2 Å². The Morgan fingerprint density at radius 3 is 2.86 bits per heavy atom. The summed E-state index contributed by atoms with van der Waals surface area (Å²) in [4.78, 5) is 35.6. The highest BCUT2D eigenvalue weighted by atomic mass is 32.1. The number of rotatable bonds is 5. The van der Waals surface area contributed by atoms with Gasteiger partial charge in [-0.1, -0.05) is 0 Å². The van der Waals surface area contributed by atoms with Crippen LogP contribution in [0.15, 0.2) is 6.20 Å². The predicted molar refractivity (Wildman–Crippen MR) is 108 cm³/mol. The first-order chi connectivity index (χ1) is 13.6. The molecule has 0 spiro atoms. The number of aromatic nitrogens is 1. The molecule has 6 nitrogen and oxygen atoms in total. The van der Waals surface area contributed by atoms with E-state index in [1.165, 1.54) is 11.3 Å². The quantitative estimate of drug-likeness (QED) is 0.820. The molecule has 4 aliphatic rings. The zero-order chi connectivity index (χ0) is 19.3. The van der Waals surface area contributed by atoms with Crippen LogP contribution in [0.1, 0.15) is 48.4 Å². The molecule has 152 valence electrons. The molecule has 0 aromatic carbocycles. The number of carbonyl (C=O) groups excluding carboxylic acids is 2. The molecule has 7 heteroatoms. The van der Waals surface area contributed by atoms with E-state index < -0.39 is 0 Å². The van der Waals surface area contributed by atoms with Gasteiger partial charge in [-0.15, -0.1) is 11.3 Å². The maximum atomic E-state index is 12.8. The third kappa shape index (κ3) is 3.59. The number of fused-ring (bicyclic) bond motifs is 4. The van der Waals surface area contributed by atoms with Crippen LogP contribution in [-0.4, -0.2) is 58.3 Å². The number of aryl methyl sites for hydroxylation is 1. The van der Waals surface area contributed by atoms with Crippen LogP contribution in [0.3, 0.4) is 0 Å². The van der Waals surface area contributed by atoms with Crippen LogP contribution in [-0.2, 0) is 16.1 Å². The van der Waals surface area contributed by atoms with E-state index in [0.717, 1.165) is 50.3 Å². The summed E-state index contributed by atoms with van der Waals surface area (Å²) in [5.41, 5.74) is 0. The lowest BCUT2D eigenvalue weighted by atomic mass is 9.72. The van der Waals surface area contributed by atoms with Crippen LogP contribution >= 0.6 is 11.3 Å². The van der Waals surface area contributed by atoms with Gasteiger partial charge in [-0.2, -0.15) is 0 Å². The number of amides is 2. The molecule has 0 unspecified atom stereocenters. The zero-order valence-electron chi connectivity index (χ0n) is 16.6. The molecule has 1 aromatic heterocycles. The van der Waals surface area contributed by atoms with E-state index in [-0.39, 0.29) is 17.9 Å². The van der Waals surface area contributed by atoms with Crippen molar-refractivity contribution in [2.75, 3.05) is 19.6 Å². The molecule has 3 aliphatic heterocycles. The van der Waals surface area contributed by atoms with Gasteiger partial charge >= 0.3 is 0 Å². The van der Waals surface area contributed by atoms with Crippen LogP contribution in [0.2, 0.25) is 0 Å². The topological polar surface area (TPSA) is 65.5 Å². The Labute approximate surface area is 170 Å². The maximum Gasteiger partial charge on any atom is 0.223 e. The molecule has 28 heavy (non-hydrogen) atoms. The number of likely N-dealkylation sites (tertiary alicyclic amines) is 1. The Hall–Kier alpha value is -1.47. The molecule has 4 fully saturated rings. The van der Waals surface area contributed by atoms with Gasteiger partial charge in [0, 0.05) is 55.6 Å². The van der Waals surface area contributed by atoms with Crippen molar-refractivity contribution in [3.05, 3.63) is 16.1 Å². The fourth-order valence-corrected chi connectivity index (χ4v) is 6.50. The first kappa shape index (κ1) is 18.6. The molecule has 4 atom stereocenters. The molecular weight excluding hydrogens is 372 g/mol. The normalized spacial score (nSPS) is 32.9. The first-order valence-electron chi connectivity index (χ1n) is 10.8. The van der Waals surface area contributed by atoms with E-state index in [1.54, 1.807) is 11.3 Å². The van der Waals surface area contributed by atoms with Crippen LogP contribution in [0.5, 0.6) is 0 Å². The van der Waals surface area contributed by atoms with E-state index >= 15 is 0 Å². The Morgan fingerprint density at radius 2 is 2.11 bits per heavy atom. The highest BCUT2D eigenvalue weighted by molar-refractivity contribution is 7.11. The van der Waals surface area contributed by atoms with Crippen LogP contribution in [0.4, 0.5) is 0 Å². The van der Waals surface area contributed by atoms with E-state index in [9.17, 15) is 9.59 Å². The minimum absolute atomic E-state index is 0.155. The van der Waals surface area contributed by atoms with Crippen molar-refractivity contribution in [3.8, 4) is 0 Å². The number of nitrogens with one attached hydrogen (secondary N) is 1. The fraction of sp³-hybridized carbons (Fsp3) is 0.762. The molecule has 1 saturated carbocycles. The Balaban J connectivity index is 1.33. The molecule has 1 N–H and O–H groups in total. The van der Waals surface area contributed by atoms with Gasteiger partial charge in [0.2, 0.25) is 11.8 Å². The average Bonchev–Trinajstić information content (AvgIpc) is 3.45. The third-order valence-corrected chi connectivity index (χ3v) is 7.95. The monoisotopic (exact) mass is 402 g/mol. The summed E-state index contributed by atoms with van der Waals surface area (Å²) in [5.74, 6) is 1.73. The Bertz CT molecular complexity index is 761. The second-order valence-electron chi connectivity index (χ2n) is 9.14. The number of piperidine rings is 3. The number of thiazole rings is 1. The van der Waals surface area contributed by atoms with E-state index in [4.69, 9.17) is 0 Å². The number of hydrogen-bond donors (Lipinski definition) is 1. The van der Waals surface area contributed by atoms with Crippen LogP contribution < -0.4 is 5.32 Å². The van der Waals surface area contributed by atoms with Crippen molar-refractivity contribution in [2.45, 2.75) is 64.1 Å². The summed E-state index contributed by atoms with van der Waals surface area (Å²) in [6, 6.07) is 0.508. The van der Waals surface area contributed by atoms with Crippen molar-refractivity contribution in [2.24, 2.45) is 17.8 Å². The van der Waals surface area contributed by atoms with Crippen molar-refractivity contribution in [3.63, 3.8) is 0 Å². The van der Waals surface area contributed by atoms with Gasteiger partial charge in [-0.05, 0) is 50.9 Å². The van der Waals surface area contributed by atoms with Crippen LogP contribution in [0, 0.1) is 24.7 Å². The summed E-state index contributed by atoms with van der Waals surface area (Å²) in [5, 5.41) is 4.30. The Kier molecular flexibility index (Phi) is 4.91. The predicted octanol–water partition coefficient (Wildman–Crippen LogP) is 2.18. The summed E-state index contributed by atoms with van der Waals surface area (Å²) in [6.45, 7) is 5.73. The van der Waals surface area contributed by atoms with Gasteiger partial charge in [0.05, 0.1) is 11.0 Å². The molecule has 2 bridgehead atoms. The van der Waals surface area contributed by atoms with Gasteiger partial charge in [-0.3, -0.25) is 14.5 Å². The van der Waals surface area contributed by atoms with E-state index in [1.807, 2.05) is 6.20 Å². The summed E-state index contributed by atoms with van der Waals surface area (Å²) < 4.78 is 0. The number of hydrogen-bond acceptors (Lipinski definition) is 5. The standard InChI is InChI=1S/C21H30N4O2S/c1-13-22-8-17(28-13)12-24-10-15-7-16(11-24)19(9-23-21(27)14-5-6-14)25-18(15)3-2-4-20(25)26/h8,14-16,18-19H,2-7,9-12H2,1H3,(H,23,27)/t15-,16+,18+,19+/m1/s1. The Morgan fingerprint density at radius 1 is 1.29 bits per heavy atom. The lowest BCUT2D eigenvalue weighted by molar-refractivity contribution is -0.153. The van der Waals surface area contributed by atoms with Crippen molar-refractivity contribution < 1.29 is 9.59 Å². The smallest absolute Gasteiger partial charge is 0.223 e. The molecule has 1 aliphatic carbocycles. The highest BCUT2D eigenvalue weighted by Gasteiger charge is 2.49. The fourth-order valence-electron chi connectivity index (χ4n) is 5.66. The molecule has 0 radical (unpaired) electrons. The number of nitrogens with zero attached hydrogens (tertiary/aromatic N) is 3. The minimum atomic E-state index is 0.155. The zero-order valence-corrected chi connectivity index (χ0v) is 17.4. The van der Waals surface area contributed by atoms with E-state index in [0.29, 0.717) is 36.8 Å². The third-order valence-electron chi connectivity index (χ3n) is 7.05. The summed E-state index contributed by atoms with van der Waals surface area (Å²) in [7, 11) is 0. The van der Waals surface area contributed by atoms with Crippen molar-refractivity contribution >= 4 is 23.2 Å². The molecular formula is C21H30N4O2S. The van der Waals surface area contributed by atoms with Gasteiger partial charge in [-0.25, -0.2) is 4.98 Å². The van der Waals surface area contributed by atoms with Gasteiger partial charge in [0.25, 0.3) is 0 Å². The van der Waals surface area contributed by atoms with Crippen molar-refractivity contribution in [1.82, 2.24) is 20.1 Å². The second kappa shape index (κ2) is 7.41. The molecule has 5 rings (SSSR count). The molecule has 3 saturated heterocycles. The number of carbonyl (C=O) groups is 2. The van der Waals surface area contributed by atoms with Gasteiger partial charge in [0.1, 0.15) is 0 Å². The SMILES string of the molecule is Cc1ncc(CN2C[C@H]3C[C@@H](C2)[C@H](CNC(=O)C2CC2)N2C(=O)CCC[C@@H]32)s1. The summed E-state index contributed by atoms with van der Waals surface area (Å²) >= 11 is 1.78. The lowest BCUT2D eigenvalue weighted by Gasteiger charge is -2.56. The molecule has 2 amide bonds. The largest absolute Gasteiger partial charge is 0.354 e. The summed E-state index contributed by atoms with van der Waals surface area (Å²) in [6.07, 6.45) is 8.04. The molecule has 4 heterocycles.